The highest BCUT2D eigenvalue weighted by Crippen LogP contribution is 2.30. The van der Waals surface area contributed by atoms with Gasteiger partial charge in [0.25, 0.3) is 11.8 Å². The van der Waals surface area contributed by atoms with Crippen LogP contribution < -0.4 is 20.1 Å². The Labute approximate surface area is 168 Å². The van der Waals surface area contributed by atoms with Crippen molar-refractivity contribution < 1.29 is 19.1 Å². The van der Waals surface area contributed by atoms with E-state index in [1.165, 1.54) is 24.3 Å². The van der Waals surface area contributed by atoms with Gasteiger partial charge in [-0.1, -0.05) is 24.3 Å². The van der Waals surface area contributed by atoms with Crippen molar-refractivity contribution in [2.75, 3.05) is 7.11 Å². The Balaban J connectivity index is 1.79. The van der Waals surface area contributed by atoms with Crippen LogP contribution in [0.1, 0.15) is 22.3 Å². The first-order chi connectivity index (χ1) is 13.4. The van der Waals surface area contributed by atoms with Crippen molar-refractivity contribution in [3.8, 4) is 11.5 Å². The van der Waals surface area contributed by atoms with Crippen molar-refractivity contribution in [1.29, 1.82) is 0 Å². The van der Waals surface area contributed by atoms with Gasteiger partial charge in [0.05, 0.1) is 7.11 Å². The first kappa shape index (κ1) is 19.6. The fourth-order valence-corrected chi connectivity index (χ4v) is 2.91. The number of hydrogen-bond donors (Lipinski definition) is 2. The van der Waals surface area contributed by atoms with Crippen LogP contribution in [-0.2, 0) is 16.2 Å². The fraction of sp³-hybridized carbons (Fsp3) is 0.190. The van der Waals surface area contributed by atoms with Gasteiger partial charge in [-0.15, -0.1) is 0 Å². The minimum absolute atomic E-state index is 0.000166. The third kappa shape index (κ3) is 4.37. The van der Waals surface area contributed by atoms with E-state index in [4.69, 9.17) is 21.7 Å². The lowest BCUT2D eigenvalue weighted by Crippen LogP contribution is -2.51. The van der Waals surface area contributed by atoms with E-state index in [0.717, 1.165) is 5.56 Å². The molecule has 2 aromatic rings. The third-order valence-corrected chi connectivity index (χ3v) is 4.61. The average Bonchev–Trinajstić information content (AvgIpc) is 2.66. The predicted molar refractivity (Wildman–Crippen MR) is 110 cm³/mol. The number of ether oxygens (including phenoxy) is 2. The monoisotopic (exact) mass is 396 g/mol. The van der Waals surface area contributed by atoms with E-state index < -0.39 is 11.8 Å². The maximum atomic E-state index is 12.0. The van der Waals surface area contributed by atoms with Crippen molar-refractivity contribution in [2.24, 2.45) is 0 Å². The molecule has 2 amide bonds. The van der Waals surface area contributed by atoms with Crippen molar-refractivity contribution in [3.63, 3.8) is 0 Å². The molecule has 1 heterocycles. The Hall–Kier alpha value is -3.19. The van der Waals surface area contributed by atoms with Crippen molar-refractivity contribution in [3.05, 3.63) is 64.2 Å². The molecule has 28 heavy (non-hydrogen) atoms. The van der Waals surface area contributed by atoms with Crippen LogP contribution in [0.15, 0.2) is 42.0 Å². The number of methoxy groups -OCH3 is 1. The van der Waals surface area contributed by atoms with Gasteiger partial charge in [-0.2, -0.15) is 0 Å². The first-order valence-corrected chi connectivity index (χ1v) is 9.03. The lowest BCUT2D eigenvalue weighted by atomic mass is 10.1. The van der Waals surface area contributed by atoms with Crippen LogP contribution in [0.3, 0.4) is 0 Å². The number of aryl methyl sites for hydroxylation is 2. The largest absolute Gasteiger partial charge is 0.493 e. The van der Waals surface area contributed by atoms with Gasteiger partial charge < -0.3 is 9.47 Å². The first-order valence-electron chi connectivity index (χ1n) is 8.62. The van der Waals surface area contributed by atoms with Crippen LogP contribution >= 0.6 is 12.2 Å². The van der Waals surface area contributed by atoms with E-state index in [-0.39, 0.29) is 10.7 Å². The van der Waals surface area contributed by atoms with Gasteiger partial charge in [-0.05, 0) is 66.5 Å². The quantitative estimate of drug-likeness (QED) is 0.462. The van der Waals surface area contributed by atoms with Crippen molar-refractivity contribution >= 4 is 35.2 Å². The SMILES string of the molecule is COc1cc(C=C2C(=O)NC(=S)NC2=O)ccc1OCc1ccc(C)c(C)c1. The molecule has 1 aliphatic rings. The molecular formula is C21H20N2O4S. The maximum Gasteiger partial charge on any atom is 0.263 e. The molecule has 6 nitrogen and oxygen atoms in total. The molecular weight excluding hydrogens is 376 g/mol. The summed E-state index contributed by atoms with van der Waals surface area (Å²) in [6, 6.07) is 11.4. The van der Waals surface area contributed by atoms with Crippen molar-refractivity contribution in [1.82, 2.24) is 10.6 Å². The van der Waals surface area contributed by atoms with E-state index >= 15 is 0 Å². The summed E-state index contributed by atoms with van der Waals surface area (Å²) in [5, 5.41) is 4.81. The van der Waals surface area contributed by atoms with Crippen molar-refractivity contribution in [2.45, 2.75) is 20.5 Å². The van der Waals surface area contributed by atoms with E-state index in [0.29, 0.717) is 23.7 Å². The summed E-state index contributed by atoms with van der Waals surface area (Å²) in [6.45, 7) is 4.53. The molecule has 0 aliphatic carbocycles. The van der Waals surface area contributed by atoms with E-state index in [9.17, 15) is 9.59 Å². The molecule has 0 radical (unpaired) electrons. The second-order valence-corrected chi connectivity index (χ2v) is 6.82. The Morgan fingerprint density at radius 3 is 2.32 bits per heavy atom. The molecule has 0 unspecified atom stereocenters. The lowest BCUT2D eigenvalue weighted by Gasteiger charge is -2.16. The van der Waals surface area contributed by atoms with Gasteiger partial charge >= 0.3 is 0 Å². The zero-order valence-corrected chi connectivity index (χ0v) is 16.6. The number of thiocarbonyl (C=S) groups is 1. The smallest absolute Gasteiger partial charge is 0.263 e. The van der Waals surface area contributed by atoms with E-state index in [1.54, 1.807) is 18.2 Å². The minimum atomic E-state index is -0.539. The third-order valence-electron chi connectivity index (χ3n) is 4.41. The van der Waals surface area contributed by atoms with Crippen LogP contribution in [0.2, 0.25) is 0 Å². The Morgan fingerprint density at radius 2 is 1.68 bits per heavy atom. The van der Waals surface area contributed by atoms with Gasteiger partial charge in [0.1, 0.15) is 12.2 Å². The van der Waals surface area contributed by atoms with Gasteiger partial charge in [-0.25, -0.2) is 0 Å². The number of benzene rings is 2. The standard InChI is InChI=1S/C21H20N2O4S/c1-12-4-5-15(8-13(12)2)11-27-17-7-6-14(10-18(17)26-3)9-16-19(24)22-21(28)23-20(16)25/h4-10H,11H2,1-3H3,(H2,22,23,24,25,28). The molecule has 1 saturated heterocycles. The van der Waals surface area contributed by atoms with Crippen LogP contribution in [0.5, 0.6) is 11.5 Å². The highest BCUT2D eigenvalue weighted by Gasteiger charge is 2.25. The summed E-state index contributed by atoms with van der Waals surface area (Å²) in [6.07, 6.45) is 1.47. The summed E-state index contributed by atoms with van der Waals surface area (Å²) in [5.41, 5.74) is 4.10. The number of rotatable bonds is 5. The minimum Gasteiger partial charge on any atom is -0.493 e. The molecule has 0 saturated carbocycles. The zero-order valence-electron chi connectivity index (χ0n) is 15.8. The summed E-state index contributed by atoms with van der Waals surface area (Å²) in [4.78, 5) is 23.9. The Kier molecular flexibility index (Phi) is 5.75. The molecule has 0 atom stereocenters. The Bertz CT molecular complexity index is 976. The maximum absolute atomic E-state index is 12.0. The van der Waals surface area contributed by atoms with Gasteiger partial charge in [-0.3, -0.25) is 20.2 Å². The number of amides is 2. The highest BCUT2D eigenvalue weighted by atomic mass is 32.1. The normalized spacial score (nSPS) is 13.7. The number of hydrogen-bond acceptors (Lipinski definition) is 5. The highest BCUT2D eigenvalue weighted by molar-refractivity contribution is 7.80. The topological polar surface area (TPSA) is 76.7 Å². The predicted octanol–water partition coefficient (Wildman–Crippen LogP) is 2.81. The summed E-state index contributed by atoms with van der Waals surface area (Å²) < 4.78 is 11.3. The van der Waals surface area contributed by atoms with Crippen LogP contribution in [0.25, 0.3) is 6.08 Å². The number of carbonyl (C=O) groups is 2. The number of nitrogens with one attached hydrogen (secondary N) is 2. The molecule has 2 aromatic carbocycles. The van der Waals surface area contributed by atoms with Crippen LogP contribution in [-0.4, -0.2) is 24.0 Å². The zero-order chi connectivity index (χ0) is 20.3. The van der Waals surface area contributed by atoms with Crippen LogP contribution in [0, 0.1) is 13.8 Å². The molecule has 7 heteroatoms. The summed E-state index contributed by atoms with van der Waals surface area (Å²) in [5.74, 6) is -0.00231. The molecule has 144 valence electrons. The molecule has 1 aliphatic heterocycles. The molecule has 0 bridgehead atoms. The second-order valence-electron chi connectivity index (χ2n) is 6.41. The van der Waals surface area contributed by atoms with Gasteiger partial charge in [0.2, 0.25) is 0 Å². The lowest BCUT2D eigenvalue weighted by molar-refractivity contribution is -0.123. The van der Waals surface area contributed by atoms with Gasteiger partial charge in [0, 0.05) is 0 Å². The average molecular weight is 396 g/mol. The molecule has 1 fully saturated rings. The fourth-order valence-electron chi connectivity index (χ4n) is 2.72. The van der Waals surface area contributed by atoms with Crippen LogP contribution in [0.4, 0.5) is 0 Å². The molecule has 3 rings (SSSR count). The van der Waals surface area contributed by atoms with Gasteiger partial charge in [0.15, 0.2) is 16.6 Å². The number of carbonyl (C=O) groups excluding carboxylic acids is 2. The molecule has 2 N–H and O–H groups in total. The second kappa shape index (κ2) is 8.22. The summed E-state index contributed by atoms with van der Waals surface area (Å²) in [7, 11) is 1.54. The molecule has 0 aromatic heterocycles. The Morgan fingerprint density at radius 1 is 0.964 bits per heavy atom. The molecule has 0 spiro atoms. The van der Waals surface area contributed by atoms with E-state index in [2.05, 4.69) is 36.6 Å². The summed E-state index contributed by atoms with van der Waals surface area (Å²) >= 11 is 4.79. The van der Waals surface area contributed by atoms with E-state index in [1.807, 2.05) is 6.07 Å².